The highest BCUT2D eigenvalue weighted by Crippen LogP contribution is 2.20. The topological polar surface area (TPSA) is 103 Å². The van der Waals surface area contributed by atoms with Crippen molar-refractivity contribution < 1.29 is 14.6 Å². The van der Waals surface area contributed by atoms with Crippen molar-refractivity contribution >= 4 is 5.97 Å². The second-order valence-corrected chi connectivity index (χ2v) is 4.30. The number of pyridine rings is 1. The standard InChI is InChI=1S/C14H11N5O3/c1-22-13-3-2-12(17-18-13)19-11(5-7-16-19)10-8-9(14(20)21)4-6-15-10/h2-8H,1H3,(H,20,21). The average molecular weight is 297 g/mol. The molecular formula is C14H11N5O3. The number of methoxy groups -OCH3 is 1. The maximum atomic E-state index is 11.1. The van der Waals surface area contributed by atoms with Crippen molar-refractivity contribution in [2.75, 3.05) is 7.11 Å². The first-order valence-electron chi connectivity index (χ1n) is 6.31. The van der Waals surface area contributed by atoms with E-state index in [1.54, 1.807) is 24.4 Å². The Kier molecular flexibility index (Phi) is 3.48. The number of hydrogen-bond acceptors (Lipinski definition) is 6. The number of aromatic carboxylic acids is 1. The summed E-state index contributed by atoms with van der Waals surface area (Å²) < 4.78 is 6.49. The smallest absolute Gasteiger partial charge is 0.335 e. The lowest BCUT2D eigenvalue weighted by Crippen LogP contribution is -2.05. The molecule has 0 aliphatic carbocycles. The van der Waals surface area contributed by atoms with Crippen LogP contribution in [0.4, 0.5) is 0 Å². The summed E-state index contributed by atoms with van der Waals surface area (Å²) in [6, 6.07) is 7.99. The van der Waals surface area contributed by atoms with Gasteiger partial charge in [-0.15, -0.1) is 10.2 Å². The van der Waals surface area contributed by atoms with Gasteiger partial charge in [0.25, 0.3) is 0 Å². The van der Waals surface area contributed by atoms with E-state index in [4.69, 9.17) is 9.84 Å². The molecule has 110 valence electrons. The van der Waals surface area contributed by atoms with Gasteiger partial charge in [-0.3, -0.25) is 4.98 Å². The van der Waals surface area contributed by atoms with Crippen LogP contribution < -0.4 is 4.74 Å². The predicted octanol–water partition coefficient (Wildman–Crippen LogP) is 1.43. The van der Waals surface area contributed by atoms with E-state index in [0.29, 0.717) is 23.1 Å². The zero-order chi connectivity index (χ0) is 15.5. The number of rotatable bonds is 4. The lowest BCUT2D eigenvalue weighted by atomic mass is 10.2. The third-order valence-corrected chi connectivity index (χ3v) is 2.96. The fourth-order valence-corrected chi connectivity index (χ4v) is 1.92. The molecule has 0 bridgehead atoms. The average Bonchev–Trinajstić information content (AvgIpc) is 3.04. The Morgan fingerprint density at radius 2 is 2.05 bits per heavy atom. The SMILES string of the molecule is COc1ccc(-n2nccc2-c2cc(C(=O)O)ccn2)nn1. The van der Waals surface area contributed by atoms with Gasteiger partial charge in [0.05, 0.1) is 30.3 Å². The van der Waals surface area contributed by atoms with Crippen molar-refractivity contribution in [2.45, 2.75) is 0 Å². The zero-order valence-electron chi connectivity index (χ0n) is 11.5. The Hall–Kier alpha value is -3.29. The monoisotopic (exact) mass is 297 g/mol. The van der Waals surface area contributed by atoms with Gasteiger partial charge in [0, 0.05) is 12.3 Å². The highest BCUT2D eigenvalue weighted by atomic mass is 16.5. The normalized spacial score (nSPS) is 10.4. The Balaban J connectivity index is 2.04. The van der Waals surface area contributed by atoms with Crippen LogP contribution >= 0.6 is 0 Å². The third kappa shape index (κ3) is 2.49. The number of nitrogens with zero attached hydrogens (tertiary/aromatic N) is 5. The molecule has 0 atom stereocenters. The van der Waals surface area contributed by atoms with Gasteiger partial charge in [-0.1, -0.05) is 0 Å². The summed E-state index contributed by atoms with van der Waals surface area (Å²) in [7, 11) is 1.50. The summed E-state index contributed by atoms with van der Waals surface area (Å²) in [5.74, 6) is -0.147. The number of carbonyl (C=O) groups is 1. The van der Waals surface area contributed by atoms with Gasteiger partial charge < -0.3 is 9.84 Å². The van der Waals surface area contributed by atoms with Crippen molar-refractivity contribution in [3.63, 3.8) is 0 Å². The van der Waals surface area contributed by atoms with Gasteiger partial charge in [-0.25, -0.2) is 9.48 Å². The molecule has 3 aromatic rings. The molecule has 3 rings (SSSR count). The first-order chi connectivity index (χ1) is 10.7. The van der Waals surface area contributed by atoms with Crippen LogP contribution in [0.25, 0.3) is 17.2 Å². The molecule has 22 heavy (non-hydrogen) atoms. The molecule has 0 spiro atoms. The van der Waals surface area contributed by atoms with E-state index >= 15 is 0 Å². The molecule has 3 heterocycles. The number of aromatic nitrogens is 5. The lowest BCUT2D eigenvalue weighted by Gasteiger charge is -2.06. The second-order valence-electron chi connectivity index (χ2n) is 4.30. The minimum atomic E-state index is -1.01. The molecule has 1 N–H and O–H groups in total. The fraction of sp³-hybridized carbons (Fsp3) is 0.0714. The summed E-state index contributed by atoms with van der Waals surface area (Å²) in [6.07, 6.45) is 3.02. The van der Waals surface area contributed by atoms with Crippen molar-refractivity contribution in [3.05, 3.63) is 48.3 Å². The van der Waals surface area contributed by atoms with E-state index in [9.17, 15) is 4.79 Å². The van der Waals surface area contributed by atoms with Crippen molar-refractivity contribution in [3.8, 4) is 23.1 Å². The minimum absolute atomic E-state index is 0.151. The predicted molar refractivity (Wildman–Crippen MR) is 75.9 cm³/mol. The Morgan fingerprint density at radius 3 is 2.73 bits per heavy atom. The maximum Gasteiger partial charge on any atom is 0.335 e. The number of ether oxygens (including phenoxy) is 1. The summed E-state index contributed by atoms with van der Waals surface area (Å²) in [4.78, 5) is 15.2. The van der Waals surface area contributed by atoms with E-state index in [-0.39, 0.29) is 5.56 Å². The minimum Gasteiger partial charge on any atom is -0.480 e. The van der Waals surface area contributed by atoms with Gasteiger partial charge >= 0.3 is 5.97 Å². The molecule has 0 aliphatic rings. The molecule has 0 saturated heterocycles. The number of hydrogen-bond donors (Lipinski definition) is 1. The van der Waals surface area contributed by atoms with Gasteiger partial charge in [-0.2, -0.15) is 5.10 Å². The highest BCUT2D eigenvalue weighted by molar-refractivity contribution is 5.88. The Labute approximate surface area is 125 Å². The van der Waals surface area contributed by atoms with Gasteiger partial charge in [0.15, 0.2) is 5.82 Å². The van der Waals surface area contributed by atoms with E-state index in [1.165, 1.54) is 30.1 Å². The van der Waals surface area contributed by atoms with Crippen LogP contribution in [0.15, 0.2) is 42.7 Å². The van der Waals surface area contributed by atoms with Crippen LogP contribution in [0.5, 0.6) is 5.88 Å². The lowest BCUT2D eigenvalue weighted by molar-refractivity contribution is 0.0697. The van der Waals surface area contributed by atoms with Crippen molar-refractivity contribution in [1.82, 2.24) is 25.0 Å². The van der Waals surface area contributed by atoms with Crippen LogP contribution in [0, 0.1) is 0 Å². The van der Waals surface area contributed by atoms with Gasteiger partial charge in [0.2, 0.25) is 5.88 Å². The molecule has 0 amide bonds. The number of carboxylic acids is 1. The first kappa shape index (κ1) is 13.7. The van der Waals surface area contributed by atoms with E-state index in [0.717, 1.165) is 0 Å². The fourth-order valence-electron chi connectivity index (χ4n) is 1.92. The molecule has 8 heteroatoms. The molecule has 0 aromatic carbocycles. The summed E-state index contributed by atoms with van der Waals surface area (Å²) in [6.45, 7) is 0. The highest BCUT2D eigenvalue weighted by Gasteiger charge is 2.12. The molecule has 8 nitrogen and oxygen atoms in total. The molecule has 0 radical (unpaired) electrons. The molecular weight excluding hydrogens is 286 g/mol. The molecule has 3 aromatic heterocycles. The van der Waals surface area contributed by atoms with E-state index < -0.39 is 5.97 Å². The number of carboxylic acid groups (broad SMARTS) is 1. The quantitative estimate of drug-likeness (QED) is 0.776. The third-order valence-electron chi connectivity index (χ3n) is 2.96. The van der Waals surface area contributed by atoms with Crippen LogP contribution in [0.2, 0.25) is 0 Å². The van der Waals surface area contributed by atoms with Crippen molar-refractivity contribution in [2.24, 2.45) is 0 Å². The molecule has 0 aliphatic heterocycles. The zero-order valence-corrected chi connectivity index (χ0v) is 11.5. The van der Waals surface area contributed by atoms with E-state index in [1.807, 2.05) is 0 Å². The van der Waals surface area contributed by atoms with Crippen molar-refractivity contribution in [1.29, 1.82) is 0 Å². The van der Waals surface area contributed by atoms with Crippen LogP contribution in [-0.2, 0) is 0 Å². The largest absolute Gasteiger partial charge is 0.480 e. The molecule has 0 saturated carbocycles. The van der Waals surface area contributed by atoms with Gasteiger partial charge in [-0.05, 0) is 24.3 Å². The maximum absolute atomic E-state index is 11.1. The Morgan fingerprint density at radius 1 is 1.18 bits per heavy atom. The summed E-state index contributed by atoms with van der Waals surface area (Å²) >= 11 is 0. The van der Waals surface area contributed by atoms with Crippen LogP contribution in [-0.4, -0.2) is 43.1 Å². The molecule has 0 unspecified atom stereocenters. The summed E-state index contributed by atoms with van der Waals surface area (Å²) in [5.41, 5.74) is 1.25. The summed E-state index contributed by atoms with van der Waals surface area (Å²) in [5, 5.41) is 21.1. The van der Waals surface area contributed by atoms with Crippen LogP contribution in [0.1, 0.15) is 10.4 Å². The Bertz CT molecular complexity index is 813. The first-order valence-corrected chi connectivity index (χ1v) is 6.31. The van der Waals surface area contributed by atoms with Gasteiger partial charge in [0.1, 0.15) is 0 Å². The van der Waals surface area contributed by atoms with Crippen LogP contribution in [0.3, 0.4) is 0 Å². The second kappa shape index (κ2) is 5.60. The van der Waals surface area contributed by atoms with E-state index in [2.05, 4.69) is 20.3 Å². The molecule has 0 fully saturated rings.